The molecular formula is C21H23N3O3S2. The molecule has 152 valence electrons. The Morgan fingerprint density at radius 2 is 2.17 bits per heavy atom. The van der Waals surface area contributed by atoms with E-state index in [-0.39, 0.29) is 23.3 Å². The fourth-order valence-electron chi connectivity index (χ4n) is 3.75. The molecule has 0 bridgehead atoms. The number of para-hydroxylation sites is 1. The van der Waals surface area contributed by atoms with Crippen LogP contribution in [0.4, 0.5) is 0 Å². The second-order valence-corrected chi connectivity index (χ2v) is 9.14. The zero-order valence-electron chi connectivity index (χ0n) is 16.7. The van der Waals surface area contributed by atoms with Crippen molar-refractivity contribution in [2.45, 2.75) is 37.4 Å². The number of carbonyl (C=O) groups excluding carboxylic acids is 1. The first-order chi connectivity index (χ1) is 14.0. The topological polar surface area (TPSA) is 73.2 Å². The Labute approximate surface area is 177 Å². The monoisotopic (exact) mass is 429 g/mol. The van der Waals surface area contributed by atoms with E-state index in [9.17, 15) is 9.59 Å². The number of aryl methyl sites for hydroxylation is 2. The minimum absolute atomic E-state index is 0.0142. The first-order valence-electron chi connectivity index (χ1n) is 9.56. The van der Waals surface area contributed by atoms with Crippen molar-refractivity contribution in [3.8, 4) is 5.75 Å². The molecule has 1 aliphatic carbocycles. The number of aromatic nitrogens is 2. The number of nitrogens with one attached hydrogen (secondary N) is 1. The van der Waals surface area contributed by atoms with Crippen LogP contribution in [0.25, 0.3) is 10.2 Å². The number of thiophene rings is 1. The summed E-state index contributed by atoms with van der Waals surface area (Å²) in [5.74, 6) is 0.820. The minimum atomic E-state index is -0.182. The lowest BCUT2D eigenvalue weighted by molar-refractivity contribution is -0.119. The summed E-state index contributed by atoms with van der Waals surface area (Å²) in [6, 6.07) is 7.45. The quantitative estimate of drug-likeness (QED) is 0.480. The summed E-state index contributed by atoms with van der Waals surface area (Å²) in [6.45, 7) is 1.92. The molecule has 1 aliphatic rings. The van der Waals surface area contributed by atoms with Crippen LogP contribution in [-0.4, -0.2) is 28.3 Å². The SMILES string of the molecule is COc1ccccc1C(C)NC(=O)CSc1nc2sc3c(c2c(=O)n1C)CCC3. The Morgan fingerprint density at radius 3 is 2.97 bits per heavy atom. The number of nitrogens with zero attached hydrogens (tertiary/aromatic N) is 2. The second-order valence-electron chi connectivity index (χ2n) is 7.12. The van der Waals surface area contributed by atoms with Crippen molar-refractivity contribution >= 4 is 39.2 Å². The van der Waals surface area contributed by atoms with Crippen LogP contribution in [0.1, 0.15) is 35.4 Å². The van der Waals surface area contributed by atoms with Gasteiger partial charge in [-0.1, -0.05) is 30.0 Å². The highest BCUT2D eigenvalue weighted by Crippen LogP contribution is 2.35. The number of hydrogen-bond donors (Lipinski definition) is 1. The predicted molar refractivity (Wildman–Crippen MR) is 117 cm³/mol. The second kappa shape index (κ2) is 8.20. The number of benzene rings is 1. The average molecular weight is 430 g/mol. The van der Waals surface area contributed by atoms with E-state index in [1.165, 1.54) is 22.2 Å². The Bertz CT molecular complexity index is 1140. The van der Waals surface area contributed by atoms with Crippen LogP contribution >= 0.6 is 23.1 Å². The lowest BCUT2D eigenvalue weighted by Crippen LogP contribution is -2.29. The number of ether oxygens (including phenoxy) is 1. The number of thioether (sulfide) groups is 1. The van der Waals surface area contributed by atoms with Crippen LogP contribution in [0.2, 0.25) is 0 Å². The third-order valence-corrected chi connectivity index (χ3v) is 7.44. The van der Waals surface area contributed by atoms with Gasteiger partial charge in [-0.2, -0.15) is 0 Å². The van der Waals surface area contributed by atoms with Gasteiger partial charge in [-0.25, -0.2) is 4.98 Å². The molecule has 2 heterocycles. The molecule has 0 saturated heterocycles. The largest absolute Gasteiger partial charge is 0.496 e. The van der Waals surface area contributed by atoms with Crippen LogP contribution in [-0.2, 0) is 24.7 Å². The van der Waals surface area contributed by atoms with Gasteiger partial charge in [0.2, 0.25) is 5.91 Å². The number of hydrogen-bond acceptors (Lipinski definition) is 6. The van der Waals surface area contributed by atoms with E-state index >= 15 is 0 Å². The molecule has 29 heavy (non-hydrogen) atoms. The smallest absolute Gasteiger partial charge is 0.262 e. The van der Waals surface area contributed by atoms with Crippen molar-refractivity contribution in [2.24, 2.45) is 7.05 Å². The van der Waals surface area contributed by atoms with Gasteiger partial charge >= 0.3 is 0 Å². The Kier molecular flexibility index (Phi) is 5.65. The van der Waals surface area contributed by atoms with Gasteiger partial charge in [0, 0.05) is 17.5 Å². The van der Waals surface area contributed by atoms with E-state index in [0.717, 1.165) is 40.8 Å². The summed E-state index contributed by atoms with van der Waals surface area (Å²) in [7, 11) is 3.34. The molecule has 2 aromatic heterocycles. The van der Waals surface area contributed by atoms with Gasteiger partial charge in [-0.15, -0.1) is 11.3 Å². The molecule has 1 unspecified atom stereocenters. The highest BCUT2D eigenvalue weighted by atomic mass is 32.2. The Morgan fingerprint density at radius 1 is 1.38 bits per heavy atom. The number of carbonyl (C=O) groups is 1. The van der Waals surface area contributed by atoms with E-state index in [0.29, 0.717) is 5.16 Å². The molecule has 0 radical (unpaired) electrons. The van der Waals surface area contributed by atoms with Gasteiger partial charge in [0.1, 0.15) is 10.6 Å². The lowest BCUT2D eigenvalue weighted by atomic mass is 10.1. The molecule has 1 N–H and O–H groups in total. The molecule has 0 fully saturated rings. The maximum Gasteiger partial charge on any atom is 0.262 e. The summed E-state index contributed by atoms with van der Waals surface area (Å²) in [6.07, 6.45) is 3.11. The summed E-state index contributed by atoms with van der Waals surface area (Å²) in [4.78, 5) is 32.1. The normalized spacial score (nSPS) is 14.0. The molecule has 4 rings (SSSR count). The lowest BCUT2D eigenvalue weighted by Gasteiger charge is -2.17. The van der Waals surface area contributed by atoms with E-state index in [4.69, 9.17) is 4.74 Å². The first kappa shape index (κ1) is 20.0. The Hall–Kier alpha value is -2.32. The minimum Gasteiger partial charge on any atom is -0.496 e. The fourth-order valence-corrected chi connectivity index (χ4v) is 5.84. The van der Waals surface area contributed by atoms with Crippen molar-refractivity contribution in [1.29, 1.82) is 0 Å². The third-order valence-electron chi connectivity index (χ3n) is 5.22. The van der Waals surface area contributed by atoms with E-state index in [2.05, 4.69) is 10.3 Å². The number of methoxy groups -OCH3 is 1. The van der Waals surface area contributed by atoms with Crippen molar-refractivity contribution < 1.29 is 9.53 Å². The average Bonchev–Trinajstić information content (AvgIpc) is 3.30. The molecule has 3 aromatic rings. The van der Waals surface area contributed by atoms with Crippen LogP contribution in [0.3, 0.4) is 0 Å². The van der Waals surface area contributed by atoms with Crippen LogP contribution < -0.4 is 15.6 Å². The molecule has 0 spiro atoms. The molecule has 8 heteroatoms. The zero-order chi connectivity index (χ0) is 20.5. The predicted octanol–water partition coefficient (Wildman–Crippen LogP) is 3.46. The molecule has 1 atom stereocenters. The summed E-state index contributed by atoms with van der Waals surface area (Å²) >= 11 is 2.90. The molecule has 0 saturated carbocycles. The van der Waals surface area contributed by atoms with Crippen LogP contribution in [0, 0.1) is 0 Å². The maximum absolute atomic E-state index is 12.8. The molecular weight excluding hydrogens is 406 g/mol. The highest BCUT2D eigenvalue weighted by molar-refractivity contribution is 7.99. The standard InChI is InChI=1S/C21H23N3O3S2/c1-12(13-7-4-5-9-15(13)27-3)22-17(25)11-28-21-23-19-18(20(26)24(21)2)14-8-6-10-16(14)29-19/h4-5,7,9,12H,6,8,10-11H2,1-3H3,(H,22,25). The van der Waals surface area contributed by atoms with Gasteiger partial charge in [0.15, 0.2) is 5.16 Å². The number of amides is 1. The van der Waals surface area contributed by atoms with Crippen molar-refractivity contribution in [3.05, 3.63) is 50.6 Å². The van der Waals surface area contributed by atoms with E-state index < -0.39 is 0 Å². The Balaban J connectivity index is 1.47. The van der Waals surface area contributed by atoms with Gasteiger partial charge in [-0.3, -0.25) is 14.2 Å². The number of fused-ring (bicyclic) bond motifs is 3. The number of rotatable bonds is 6. The van der Waals surface area contributed by atoms with Gasteiger partial charge in [0.25, 0.3) is 5.56 Å². The molecule has 6 nitrogen and oxygen atoms in total. The van der Waals surface area contributed by atoms with Crippen LogP contribution in [0.15, 0.2) is 34.2 Å². The maximum atomic E-state index is 12.8. The van der Waals surface area contributed by atoms with E-state index in [1.54, 1.807) is 30.1 Å². The molecule has 1 aromatic carbocycles. The van der Waals surface area contributed by atoms with Gasteiger partial charge in [0.05, 0.1) is 24.3 Å². The molecule has 1 amide bonds. The fraction of sp³-hybridized carbons (Fsp3) is 0.381. The summed E-state index contributed by atoms with van der Waals surface area (Å²) in [5, 5.41) is 4.33. The van der Waals surface area contributed by atoms with Crippen molar-refractivity contribution in [3.63, 3.8) is 0 Å². The summed E-state index contributed by atoms with van der Waals surface area (Å²) < 4.78 is 6.93. The van der Waals surface area contributed by atoms with E-state index in [1.807, 2.05) is 31.2 Å². The zero-order valence-corrected chi connectivity index (χ0v) is 18.3. The van der Waals surface area contributed by atoms with Crippen molar-refractivity contribution in [1.82, 2.24) is 14.9 Å². The third kappa shape index (κ3) is 3.79. The van der Waals surface area contributed by atoms with Crippen LogP contribution in [0.5, 0.6) is 5.75 Å². The van der Waals surface area contributed by atoms with Crippen molar-refractivity contribution in [2.75, 3.05) is 12.9 Å². The summed E-state index contributed by atoms with van der Waals surface area (Å²) in [5.41, 5.74) is 2.09. The van der Waals surface area contributed by atoms with Gasteiger partial charge in [-0.05, 0) is 37.8 Å². The molecule has 0 aliphatic heterocycles. The van der Waals surface area contributed by atoms with Gasteiger partial charge < -0.3 is 10.1 Å². The highest BCUT2D eigenvalue weighted by Gasteiger charge is 2.23. The first-order valence-corrected chi connectivity index (χ1v) is 11.4.